The highest BCUT2D eigenvalue weighted by Gasteiger charge is 2.54. The molecular weight excluding hydrogens is 404 g/mol. The Morgan fingerprint density at radius 3 is 2.50 bits per heavy atom. The van der Waals surface area contributed by atoms with Crippen molar-refractivity contribution in [3.8, 4) is 0 Å². The van der Waals surface area contributed by atoms with E-state index < -0.39 is 6.10 Å². The van der Waals surface area contributed by atoms with E-state index in [1.807, 2.05) is 42.2 Å². The number of carbonyl (C=O) groups is 2. The Labute approximate surface area is 191 Å². The Hall–Kier alpha value is -1.92. The summed E-state index contributed by atoms with van der Waals surface area (Å²) >= 11 is 0. The summed E-state index contributed by atoms with van der Waals surface area (Å²) in [6.07, 6.45) is 3.26. The monoisotopic (exact) mass is 442 g/mol. The van der Waals surface area contributed by atoms with E-state index in [-0.39, 0.29) is 46.9 Å². The van der Waals surface area contributed by atoms with Gasteiger partial charge in [-0.3, -0.25) is 9.59 Å². The van der Waals surface area contributed by atoms with E-state index in [2.05, 4.69) is 19.2 Å². The van der Waals surface area contributed by atoms with Crippen molar-refractivity contribution in [1.82, 2.24) is 10.2 Å². The van der Waals surface area contributed by atoms with Crippen LogP contribution in [0.4, 0.5) is 0 Å². The van der Waals surface area contributed by atoms with Gasteiger partial charge in [-0.05, 0) is 61.0 Å². The third-order valence-electron chi connectivity index (χ3n) is 8.59. The van der Waals surface area contributed by atoms with Crippen LogP contribution in [-0.4, -0.2) is 60.3 Å². The fourth-order valence-corrected chi connectivity index (χ4v) is 6.59. The van der Waals surface area contributed by atoms with E-state index in [1.54, 1.807) is 0 Å². The van der Waals surface area contributed by atoms with Gasteiger partial charge >= 0.3 is 0 Å². The molecular formula is C26H38N2O4. The van der Waals surface area contributed by atoms with Crippen molar-refractivity contribution in [3.63, 3.8) is 0 Å². The van der Waals surface area contributed by atoms with Crippen molar-refractivity contribution in [2.75, 3.05) is 26.3 Å². The first-order chi connectivity index (χ1) is 15.3. The molecule has 2 amide bonds. The van der Waals surface area contributed by atoms with Gasteiger partial charge in [-0.15, -0.1) is 0 Å². The number of hydrogen-bond acceptors (Lipinski definition) is 4. The quantitative estimate of drug-likeness (QED) is 0.751. The van der Waals surface area contributed by atoms with Gasteiger partial charge < -0.3 is 20.1 Å². The highest BCUT2D eigenvalue weighted by Crippen LogP contribution is 2.55. The molecule has 2 N–H and O–H groups in total. The average Bonchev–Trinajstić information content (AvgIpc) is 2.81. The van der Waals surface area contributed by atoms with Crippen LogP contribution in [0.25, 0.3) is 0 Å². The highest BCUT2D eigenvalue weighted by molar-refractivity contribution is 5.94. The van der Waals surface area contributed by atoms with Crippen molar-refractivity contribution in [2.45, 2.75) is 58.6 Å². The predicted octanol–water partition coefficient (Wildman–Crippen LogP) is 3.10. The van der Waals surface area contributed by atoms with Crippen LogP contribution in [-0.2, 0) is 9.53 Å². The minimum absolute atomic E-state index is 0.0273. The van der Waals surface area contributed by atoms with Gasteiger partial charge in [0.1, 0.15) is 0 Å². The summed E-state index contributed by atoms with van der Waals surface area (Å²) in [4.78, 5) is 27.8. The maximum atomic E-state index is 13.1. The fourth-order valence-electron chi connectivity index (χ4n) is 6.59. The fraction of sp³-hybridized carbons (Fsp3) is 0.692. The summed E-state index contributed by atoms with van der Waals surface area (Å²) in [5.41, 5.74) is 0.713. The third-order valence-corrected chi connectivity index (χ3v) is 8.59. The Bertz CT molecular complexity index is 809. The lowest BCUT2D eigenvalue weighted by atomic mass is 9.51. The van der Waals surface area contributed by atoms with Crippen LogP contribution < -0.4 is 5.32 Å². The zero-order valence-corrected chi connectivity index (χ0v) is 19.6. The molecule has 0 bridgehead atoms. The average molecular weight is 443 g/mol. The topological polar surface area (TPSA) is 78.9 Å². The van der Waals surface area contributed by atoms with E-state index in [4.69, 9.17) is 4.74 Å². The predicted molar refractivity (Wildman–Crippen MR) is 123 cm³/mol. The van der Waals surface area contributed by atoms with Crippen LogP contribution in [0.5, 0.6) is 0 Å². The zero-order valence-electron chi connectivity index (χ0n) is 19.6. The molecule has 0 radical (unpaired) electrons. The summed E-state index contributed by atoms with van der Waals surface area (Å²) in [5, 5.41) is 14.8. The smallest absolute Gasteiger partial charge is 0.251 e. The second-order valence-corrected chi connectivity index (χ2v) is 10.4. The number of aliphatic hydroxyl groups excluding tert-OH is 1. The molecule has 1 heterocycles. The van der Waals surface area contributed by atoms with Gasteiger partial charge in [0.05, 0.1) is 19.3 Å². The Morgan fingerprint density at radius 2 is 1.81 bits per heavy atom. The number of morpholine rings is 1. The van der Waals surface area contributed by atoms with Gasteiger partial charge in [0.2, 0.25) is 5.91 Å². The summed E-state index contributed by atoms with van der Waals surface area (Å²) in [6.45, 7) is 8.89. The molecule has 0 spiro atoms. The first-order valence-corrected chi connectivity index (χ1v) is 12.2. The van der Waals surface area contributed by atoms with E-state index >= 15 is 0 Å². The number of amides is 2. The van der Waals surface area contributed by atoms with Gasteiger partial charge in [0, 0.05) is 30.6 Å². The first kappa shape index (κ1) is 23.2. The SMILES string of the molecule is CC(C(=O)N1CCOCC1)C1CCC2(C)CCC(NC(=O)c3ccccc3)C(C)C2C1O. The molecule has 4 rings (SSSR count). The number of benzene rings is 1. The number of nitrogens with zero attached hydrogens (tertiary/aromatic N) is 1. The molecule has 3 aliphatic rings. The van der Waals surface area contributed by atoms with E-state index in [0.29, 0.717) is 31.9 Å². The van der Waals surface area contributed by atoms with Gasteiger partial charge in [0.15, 0.2) is 0 Å². The molecule has 6 heteroatoms. The number of ether oxygens (including phenoxy) is 1. The summed E-state index contributed by atoms with van der Waals surface area (Å²) in [5.74, 6) is 0.0385. The number of carbonyl (C=O) groups excluding carboxylic acids is 2. The van der Waals surface area contributed by atoms with E-state index in [1.165, 1.54) is 0 Å². The van der Waals surface area contributed by atoms with Crippen molar-refractivity contribution in [2.24, 2.45) is 29.1 Å². The molecule has 2 aliphatic carbocycles. The number of fused-ring (bicyclic) bond motifs is 1. The van der Waals surface area contributed by atoms with E-state index in [9.17, 15) is 14.7 Å². The number of rotatable bonds is 4. The number of hydrogen-bond donors (Lipinski definition) is 2. The van der Waals surface area contributed by atoms with E-state index in [0.717, 1.165) is 25.7 Å². The minimum atomic E-state index is -0.542. The van der Waals surface area contributed by atoms with Gasteiger partial charge in [-0.25, -0.2) is 0 Å². The molecule has 3 fully saturated rings. The lowest BCUT2D eigenvalue weighted by Gasteiger charge is -2.56. The summed E-state index contributed by atoms with van der Waals surface area (Å²) in [6, 6.07) is 9.34. The maximum absolute atomic E-state index is 13.1. The second-order valence-electron chi connectivity index (χ2n) is 10.4. The Morgan fingerprint density at radius 1 is 1.16 bits per heavy atom. The second kappa shape index (κ2) is 9.52. The van der Waals surface area contributed by atoms with Crippen LogP contribution in [0.1, 0.15) is 56.8 Å². The molecule has 176 valence electrons. The molecule has 1 aromatic rings. The van der Waals surface area contributed by atoms with Crippen molar-refractivity contribution >= 4 is 11.8 Å². The van der Waals surface area contributed by atoms with Crippen molar-refractivity contribution in [3.05, 3.63) is 35.9 Å². The van der Waals surface area contributed by atoms with Crippen LogP contribution in [0.15, 0.2) is 30.3 Å². The van der Waals surface area contributed by atoms with Crippen LogP contribution in [0, 0.1) is 29.1 Å². The molecule has 2 saturated carbocycles. The number of nitrogens with one attached hydrogen (secondary N) is 1. The standard InChI is InChI=1S/C26H38N2O4/c1-17(25(31)28-13-15-32-16-14-28)20-9-11-26(3)12-10-21(18(2)22(26)23(20)29)27-24(30)19-7-5-4-6-8-19/h4-8,17-18,20-23,29H,9-16H2,1-3H3,(H,27,30). The minimum Gasteiger partial charge on any atom is -0.392 e. The molecule has 1 saturated heterocycles. The normalized spacial score (nSPS) is 36.1. The number of aliphatic hydroxyl groups is 1. The molecule has 32 heavy (non-hydrogen) atoms. The lowest BCUT2D eigenvalue weighted by molar-refractivity contribution is -0.153. The first-order valence-electron chi connectivity index (χ1n) is 12.2. The van der Waals surface area contributed by atoms with Crippen molar-refractivity contribution < 1.29 is 19.4 Å². The maximum Gasteiger partial charge on any atom is 0.251 e. The molecule has 7 atom stereocenters. The van der Waals surface area contributed by atoms with Gasteiger partial charge in [-0.1, -0.05) is 39.0 Å². The molecule has 1 aliphatic heterocycles. The van der Waals surface area contributed by atoms with Crippen molar-refractivity contribution in [1.29, 1.82) is 0 Å². The highest BCUT2D eigenvalue weighted by atomic mass is 16.5. The molecule has 0 aromatic heterocycles. The molecule has 1 aromatic carbocycles. The van der Waals surface area contributed by atoms with Gasteiger partial charge in [-0.2, -0.15) is 0 Å². The van der Waals surface area contributed by atoms with Crippen LogP contribution in [0.3, 0.4) is 0 Å². The lowest BCUT2D eigenvalue weighted by Crippen LogP contribution is -2.59. The molecule has 6 nitrogen and oxygen atoms in total. The summed E-state index contributed by atoms with van der Waals surface area (Å²) < 4.78 is 5.39. The Balaban J connectivity index is 1.47. The van der Waals surface area contributed by atoms with Crippen LogP contribution >= 0.6 is 0 Å². The largest absolute Gasteiger partial charge is 0.392 e. The zero-order chi connectivity index (χ0) is 22.9. The summed E-state index contributed by atoms with van der Waals surface area (Å²) in [7, 11) is 0. The van der Waals surface area contributed by atoms with Gasteiger partial charge in [0.25, 0.3) is 5.91 Å². The Kier molecular flexibility index (Phi) is 6.91. The molecule has 7 unspecified atom stereocenters. The third kappa shape index (κ3) is 4.44. The van der Waals surface area contributed by atoms with Crippen LogP contribution in [0.2, 0.25) is 0 Å².